The van der Waals surface area contributed by atoms with E-state index in [2.05, 4.69) is 19.9 Å². The molecule has 24 heavy (non-hydrogen) atoms. The Balaban J connectivity index is 1.51. The molecule has 1 aliphatic heterocycles. The van der Waals surface area contributed by atoms with Gasteiger partial charge < -0.3 is 9.84 Å². The fraction of sp³-hybridized carbons (Fsp3) is 0.857. The predicted molar refractivity (Wildman–Crippen MR) is 91.4 cm³/mol. The average molecular weight is 330 g/mol. The van der Waals surface area contributed by atoms with Crippen LogP contribution < -0.4 is 0 Å². The monoisotopic (exact) mass is 330 g/mol. The number of ether oxygens (including phenoxy) is 1. The Bertz CT molecular complexity index is 639. The summed E-state index contributed by atoms with van der Waals surface area (Å²) in [6.07, 6.45) is 10.0. The Kier molecular flexibility index (Phi) is 2.94. The summed E-state index contributed by atoms with van der Waals surface area (Å²) in [6.45, 7) is 6.54. The van der Waals surface area contributed by atoms with Crippen molar-refractivity contribution in [2.45, 2.75) is 83.5 Å². The summed E-state index contributed by atoms with van der Waals surface area (Å²) in [6, 6.07) is 0. The Morgan fingerprint density at radius 2 is 2.04 bits per heavy atom. The highest BCUT2D eigenvalue weighted by molar-refractivity contribution is 5.90. The number of hydrogen-bond donors (Lipinski definition) is 1. The molecule has 8 unspecified atom stereocenters. The van der Waals surface area contributed by atoms with Crippen molar-refractivity contribution in [1.82, 2.24) is 0 Å². The van der Waals surface area contributed by atoms with Crippen LogP contribution in [0.25, 0.3) is 0 Å². The normalized spacial score (nSPS) is 58.0. The van der Waals surface area contributed by atoms with E-state index in [1.54, 1.807) is 6.92 Å². The molecule has 0 bridgehead atoms. The first kappa shape index (κ1) is 15.6. The molecule has 1 heterocycles. The van der Waals surface area contributed by atoms with Crippen molar-refractivity contribution in [3.05, 3.63) is 11.6 Å². The average Bonchev–Trinajstić information content (AvgIpc) is 3.21. The van der Waals surface area contributed by atoms with E-state index in [0.29, 0.717) is 11.8 Å². The number of fused-ring (bicyclic) bond motifs is 7. The molecule has 132 valence electrons. The third-order valence-electron chi connectivity index (χ3n) is 9.03. The fourth-order valence-corrected chi connectivity index (χ4v) is 7.71. The zero-order valence-electron chi connectivity index (χ0n) is 15.2. The van der Waals surface area contributed by atoms with Crippen molar-refractivity contribution in [3.8, 4) is 0 Å². The summed E-state index contributed by atoms with van der Waals surface area (Å²) in [4.78, 5) is 12.4. The molecule has 3 saturated carbocycles. The molecule has 0 aromatic heterocycles. The molecule has 0 radical (unpaired) electrons. The van der Waals surface area contributed by atoms with Crippen molar-refractivity contribution in [2.24, 2.45) is 28.6 Å². The molecule has 0 amide bonds. The minimum Gasteiger partial charge on any atom is -0.393 e. The minimum absolute atomic E-state index is 0.0422. The molecule has 0 spiro atoms. The number of carbonyl (C=O) groups is 1. The lowest BCUT2D eigenvalue weighted by molar-refractivity contribution is -0.135. The van der Waals surface area contributed by atoms with E-state index in [1.165, 1.54) is 12.0 Å². The lowest BCUT2D eigenvalue weighted by Crippen LogP contribution is -2.54. The second-order valence-electron chi connectivity index (χ2n) is 9.75. The second-order valence-corrected chi connectivity index (χ2v) is 9.75. The highest BCUT2D eigenvalue weighted by Crippen LogP contribution is 2.73. The number of allylic oxidation sites excluding steroid dienone is 1. The molecule has 0 aromatic carbocycles. The van der Waals surface area contributed by atoms with Gasteiger partial charge in [0.05, 0.1) is 12.2 Å². The molecule has 4 aliphatic carbocycles. The van der Waals surface area contributed by atoms with Gasteiger partial charge >= 0.3 is 0 Å². The van der Waals surface area contributed by atoms with Crippen molar-refractivity contribution in [2.75, 3.05) is 0 Å². The van der Waals surface area contributed by atoms with Crippen LogP contribution in [0.5, 0.6) is 0 Å². The maximum Gasteiger partial charge on any atom is 0.164 e. The van der Waals surface area contributed by atoms with Crippen molar-refractivity contribution in [3.63, 3.8) is 0 Å². The van der Waals surface area contributed by atoms with Gasteiger partial charge in [-0.1, -0.05) is 25.5 Å². The van der Waals surface area contributed by atoms with Crippen molar-refractivity contribution < 1.29 is 14.6 Å². The van der Waals surface area contributed by atoms with Gasteiger partial charge in [-0.25, -0.2) is 0 Å². The van der Waals surface area contributed by atoms with Gasteiger partial charge in [-0.3, -0.25) is 4.79 Å². The number of rotatable bonds is 1. The van der Waals surface area contributed by atoms with Gasteiger partial charge in [0.1, 0.15) is 0 Å². The van der Waals surface area contributed by atoms with E-state index in [-0.39, 0.29) is 28.8 Å². The molecular weight excluding hydrogens is 300 g/mol. The first-order valence-electron chi connectivity index (χ1n) is 9.89. The van der Waals surface area contributed by atoms with E-state index < -0.39 is 5.60 Å². The maximum absolute atomic E-state index is 12.4. The van der Waals surface area contributed by atoms with E-state index in [4.69, 9.17) is 4.74 Å². The Morgan fingerprint density at radius 1 is 1.25 bits per heavy atom. The fourth-order valence-electron chi connectivity index (χ4n) is 7.71. The third-order valence-corrected chi connectivity index (χ3v) is 9.03. The molecule has 3 nitrogen and oxygen atoms in total. The van der Waals surface area contributed by atoms with Crippen LogP contribution in [-0.2, 0) is 9.53 Å². The Labute approximate surface area is 144 Å². The van der Waals surface area contributed by atoms with Crippen LogP contribution in [0.4, 0.5) is 0 Å². The molecule has 5 aliphatic rings. The SMILES string of the molecule is CC(=O)C12OC1CC1C3CC=C4CC(O)CCC4(C)C3CCC12C. The zero-order chi connectivity index (χ0) is 16.9. The minimum atomic E-state index is -0.448. The summed E-state index contributed by atoms with van der Waals surface area (Å²) in [5.74, 6) is 2.31. The lowest BCUT2D eigenvalue weighted by atomic mass is 9.47. The quantitative estimate of drug-likeness (QED) is 0.590. The van der Waals surface area contributed by atoms with Crippen LogP contribution in [0.3, 0.4) is 0 Å². The second kappa shape index (κ2) is 4.54. The highest BCUT2D eigenvalue weighted by atomic mass is 16.6. The van der Waals surface area contributed by atoms with Gasteiger partial charge in [0.15, 0.2) is 11.4 Å². The molecule has 3 heteroatoms. The van der Waals surface area contributed by atoms with Gasteiger partial charge in [0, 0.05) is 5.41 Å². The van der Waals surface area contributed by atoms with E-state index >= 15 is 0 Å². The molecular formula is C21H30O3. The van der Waals surface area contributed by atoms with E-state index in [1.807, 2.05) is 0 Å². The summed E-state index contributed by atoms with van der Waals surface area (Å²) in [5, 5.41) is 10.1. The van der Waals surface area contributed by atoms with Gasteiger partial charge in [0.25, 0.3) is 0 Å². The zero-order valence-corrected chi connectivity index (χ0v) is 15.2. The van der Waals surface area contributed by atoms with Crippen LogP contribution in [0.1, 0.15) is 65.7 Å². The first-order chi connectivity index (χ1) is 11.3. The van der Waals surface area contributed by atoms with Crippen molar-refractivity contribution in [1.29, 1.82) is 0 Å². The van der Waals surface area contributed by atoms with Gasteiger partial charge in [-0.15, -0.1) is 0 Å². The Morgan fingerprint density at radius 3 is 2.79 bits per heavy atom. The lowest BCUT2D eigenvalue weighted by Gasteiger charge is -2.58. The number of Topliss-reactive ketones (excluding diaryl/α,β-unsaturated/α-hetero) is 1. The molecule has 0 aromatic rings. The molecule has 5 rings (SSSR count). The molecule has 8 atom stereocenters. The smallest absolute Gasteiger partial charge is 0.164 e. The third kappa shape index (κ3) is 1.60. The van der Waals surface area contributed by atoms with Gasteiger partial charge in [-0.05, 0) is 75.0 Å². The number of epoxide rings is 1. The summed E-state index contributed by atoms with van der Waals surface area (Å²) in [7, 11) is 0. The van der Waals surface area contributed by atoms with Gasteiger partial charge in [0.2, 0.25) is 0 Å². The molecule has 4 fully saturated rings. The topological polar surface area (TPSA) is 49.8 Å². The molecule has 1 saturated heterocycles. The van der Waals surface area contributed by atoms with Crippen molar-refractivity contribution >= 4 is 5.78 Å². The Hall–Kier alpha value is -0.670. The maximum atomic E-state index is 12.4. The highest BCUT2D eigenvalue weighted by Gasteiger charge is 2.79. The van der Waals surface area contributed by atoms with Gasteiger partial charge in [-0.2, -0.15) is 0 Å². The number of aliphatic hydroxyl groups is 1. The predicted octanol–water partition coefficient (Wildman–Crippen LogP) is 3.65. The van der Waals surface area contributed by atoms with Crippen LogP contribution in [0.15, 0.2) is 11.6 Å². The number of aliphatic hydroxyl groups excluding tert-OH is 1. The first-order valence-corrected chi connectivity index (χ1v) is 9.89. The van der Waals surface area contributed by atoms with E-state index in [0.717, 1.165) is 44.4 Å². The van der Waals surface area contributed by atoms with Crippen LogP contribution in [-0.4, -0.2) is 28.7 Å². The standard InChI is InChI=1S/C21H30O3/c1-12(22)21-18(24-21)11-17-15-5-4-13-10-14(23)6-8-19(13,2)16(15)7-9-20(17,21)3/h4,14-18,23H,5-11H2,1-3H3. The summed E-state index contributed by atoms with van der Waals surface area (Å²) in [5.41, 5.74) is 1.39. The van der Waals surface area contributed by atoms with Crippen LogP contribution in [0, 0.1) is 28.6 Å². The molecule has 1 N–H and O–H groups in total. The summed E-state index contributed by atoms with van der Waals surface area (Å²) >= 11 is 0. The number of ketones is 1. The van der Waals surface area contributed by atoms with Crippen LogP contribution in [0.2, 0.25) is 0 Å². The van der Waals surface area contributed by atoms with Crippen LogP contribution >= 0.6 is 0 Å². The number of hydrogen-bond acceptors (Lipinski definition) is 3. The number of carbonyl (C=O) groups excluding carboxylic acids is 1. The largest absolute Gasteiger partial charge is 0.393 e. The summed E-state index contributed by atoms with van der Waals surface area (Å²) < 4.78 is 6.00. The van der Waals surface area contributed by atoms with E-state index in [9.17, 15) is 9.90 Å².